The van der Waals surface area contributed by atoms with Gasteiger partial charge in [-0.3, -0.25) is 0 Å². The molecular weight excluding hydrogens is 673 g/mol. The zero-order valence-electron chi connectivity index (χ0n) is 33.2. The molecule has 0 saturated carbocycles. The lowest BCUT2D eigenvalue weighted by Crippen LogP contribution is -2.55. The van der Waals surface area contributed by atoms with Crippen molar-refractivity contribution in [1.82, 2.24) is 0 Å². The van der Waals surface area contributed by atoms with Crippen molar-refractivity contribution in [3.8, 4) is 0 Å². The van der Waals surface area contributed by atoms with Crippen LogP contribution in [0.3, 0.4) is 0 Å². The molecule has 4 aromatic carbocycles. The van der Waals surface area contributed by atoms with Crippen LogP contribution in [0.4, 0.5) is 0 Å². The van der Waals surface area contributed by atoms with E-state index in [-0.39, 0.29) is 0 Å². The van der Waals surface area contributed by atoms with Crippen molar-refractivity contribution >= 4 is 92.3 Å². The Morgan fingerprint density at radius 3 is 0.942 bits per heavy atom. The third-order valence-corrected chi connectivity index (χ3v) is 26.4. The highest BCUT2D eigenvalue weighted by molar-refractivity contribution is 6.94. The molecule has 0 amide bonds. The first-order valence-corrected chi connectivity index (χ1v) is 23.9. The number of furan rings is 4. The summed E-state index contributed by atoms with van der Waals surface area (Å²) in [7, 11) is -3.74. The topological polar surface area (TPSA) is 52.6 Å². The summed E-state index contributed by atoms with van der Waals surface area (Å²) in [6.45, 7) is 28.8. The van der Waals surface area contributed by atoms with E-state index in [1.807, 2.05) is 12.1 Å². The number of fused-ring (bicyclic) bond motifs is 10. The molecule has 272 valence electrons. The summed E-state index contributed by atoms with van der Waals surface area (Å²) >= 11 is 0. The fraction of sp³-hybridized carbons (Fsp3) is 0.391. The maximum Gasteiger partial charge on any atom is 0.141 e. The molecule has 0 atom stereocenters. The molecule has 0 fully saturated rings. The molecule has 52 heavy (non-hydrogen) atoms. The quantitative estimate of drug-likeness (QED) is 0.146. The summed E-state index contributed by atoms with van der Waals surface area (Å²) in [6.07, 6.45) is 3.44. The minimum atomic E-state index is -1.87. The molecule has 8 rings (SSSR count). The highest BCUT2D eigenvalue weighted by Gasteiger charge is 2.48. The largest absolute Gasteiger partial charge is 0.466 e. The van der Waals surface area contributed by atoms with E-state index < -0.39 is 16.1 Å². The van der Waals surface area contributed by atoms with E-state index in [9.17, 15) is 0 Å². The second kappa shape index (κ2) is 13.4. The van der Waals surface area contributed by atoms with Gasteiger partial charge in [-0.05, 0) is 81.8 Å². The standard InChI is InChI=1S/C32H48O2Si2.C14H8O2/c1-19(2)35(20(3)4,21(5)6)29-17-25-13-15-28-27(31(25)33-29)16-14-26-18-30(34-32(26)28)36(22(7)8,23(9)10)24(11)12;1-3-11-12(13-9(1)5-7-15-13)4-2-10-6-8-16-14(10)11/h13-24H,1-12H3;1-8H. The Hall–Kier alpha value is -4.01. The highest BCUT2D eigenvalue weighted by atomic mass is 28.3. The van der Waals surface area contributed by atoms with E-state index in [4.69, 9.17) is 17.7 Å². The van der Waals surface area contributed by atoms with Crippen LogP contribution in [0.5, 0.6) is 0 Å². The van der Waals surface area contributed by atoms with E-state index in [1.54, 1.807) is 12.5 Å². The number of hydrogen-bond donors (Lipinski definition) is 0. The van der Waals surface area contributed by atoms with Gasteiger partial charge in [-0.1, -0.05) is 107 Å². The Kier molecular flexibility index (Phi) is 9.40. The van der Waals surface area contributed by atoms with Gasteiger partial charge in [0, 0.05) is 43.1 Å². The third kappa shape index (κ3) is 5.34. The molecule has 0 N–H and O–H groups in total. The van der Waals surface area contributed by atoms with Crippen molar-refractivity contribution < 1.29 is 17.7 Å². The Balaban J connectivity index is 0.000000215. The van der Waals surface area contributed by atoms with Crippen molar-refractivity contribution in [3.63, 3.8) is 0 Å². The second-order valence-electron chi connectivity index (χ2n) is 17.0. The smallest absolute Gasteiger partial charge is 0.141 e. The first kappa shape index (κ1) is 36.4. The SMILES string of the molecule is CC(C)[Si](c1cc2ccc3c(ccc4cc([Si](C(C)C)(C(C)C)C(C)C)oc43)c2o1)(C(C)C)C(C)C.c1cc2ccc3c(ccc4ccoc43)c2o1. The van der Waals surface area contributed by atoms with Crippen LogP contribution in [-0.2, 0) is 0 Å². The monoisotopic (exact) mass is 728 g/mol. The first-order chi connectivity index (χ1) is 24.7. The summed E-state index contributed by atoms with van der Waals surface area (Å²) in [4.78, 5) is 0. The lowest BCUT2D eigenvalue weighted by molar-refractivity contribution is 0.616. The predicted molar refractivity (Wildman–Crippen MR) is 228 cm³/mol. The summed E-state index contributed by atoms with van der Waals surface area (Å²) in [5.74, 6) is 0. The van der Waals surface area contributed by atoms with Crippen LogP contribution in [0.15, 0.2) is 103 Å². The van der Waals surface area contributed by atoms with E-state index in [2.05, 4.69) is 144 Å². The Bertz CT molecular complexity index is 2300. The lowest BCUT2D eigenvalue weighted by Gasteiger charge is -2.41. The van der Waals surface area contributed by atoms with Crippen molar-refractivity contribution in [2.24, 2.45) is 0 Å². The van der Waals surface area contributed by atoms with Crippen LogP contribution in [0, 0.1) is 0 Å². The molecule has 0 aliphatic rings. The van der Waals surface area contributed by atoms with Crippen molar-refractivity contribution in [2.45, 2.75) is 116 Å². The average Bonchev–Trinajstić information content (AvgIpc) is 3.89. The fourth-order valence-corrected chi connectivity index (χ4v) is 23.6. The number of hydrogen-bond acceptors (Lipinski definition) is 4. The van der Waals surface area contributed by atoms with E-state index in [1.165, 1.54) is 32.3 Å². The van der Waals surface area contributed by atoms with Crippen LogP contribution in [0.1, 0.15) is 83.1 Å². The predicted octanol–water partition coefficient (Wildman–Crippen LogP) is 14.4. The zero-order chi connectivity index (χ0) is 37.3. The van der Waals surface area contributed by atoms with Gasteiger partial charge in [0.05, 0.1) is 23.3 Å². The van der Waals surface area contributed by atoms with Crippen molar-refractivity contribution in [2.75, 3.05) is 0 Å². The van der Waals surface area contributed by atoms with Gasteiger partial charge in [0.15, 0.2) is 0 Å². The number of benzene rings is 4. The molecule has 4 heterocycles. The van der Waals surface area contributed by atoms with Crippen molar-refractivity contribution in [1.29, 1.82) is 0 Å². The van der Waals surface area contributed by atoms with Gasteiger partial charge in [0.1, 0.15) is 38.5 Å². The summed E-state index contributed by atoms with van der Waals surface area (Å²) in [6, 6.07) is 26.0. The van der Waals surface area contributed by atoms with Gasteiger partial charge >= 0.3 is 0 Å². The van der Waals surface area contributed by atoms with Gasteiger partial charge in [-0.25, -0.2) is 0 Å². The Morgan fingerprint density at radius 1 is 0.346 bits per heavy atom. The molecule has 8 aromatic rings. The maximum atomic E-state index is 6.90. The molecular formula is C46H56O4Si2. The van der Waals surface area contributed by atoms with Crippen LogP contribution < -0.4 is 10.8 Å². The second-order valence-corrected chi connectivity index (χ2v) is 28.6. The van der Waals surface area contributed by atoms with Gasteiger partial charge in [0.25, 0.3) is 0 Å². The molecule has 0 bridgehead atoms. The third-order valence-electron chi connectivity index (χ3n) is 12.8. The van der Waals surface area contributed by atoms with E-state index in [0.29, 0.717) is 33.2 Å². The Morgan fingerprint density at radius 2 is 0.635 bits per heavy atom. The van der Waals surface area contributed by atoms with Gasteiger partial charge < -0.3 is 17.7 Å². The Labute approximate surface area is 310 Å². The molecule has 0 spiro atoms. The maximum absolute atomic E-state index is 6.90. The van der Waals surface area contributed by atoms with E-state index >= 15 is 0 Å². The average molecular weight is 729 g/mol. The number of rotatable bonds is 8. The van der Waals surface area contributed by atoms with Crippen LogP contribution in [0.2, 0.25) is 33.2 Å². The fourth-order valence-electron chi connectivity index (χ4n) is 10.8. The molecule has 0 unspecified atom stereocenters. The minimum Gasteiger partial charge on any atom is -0.466 e. The van der Waals surface area contributed by atoms with Crippen molar-refractivity contribution in [3.05, 3.63) is 85.3 Å². The van der Waals surface area contributed by atoms with Crippen LogP contribution >= 0.6 is 0 Å². The minimum absolute atomic E-state index is 0.616. The molecule has 4 aromatic heterocycles. The highest BCUT2D eigenvalue weighted by Crippen LogP contribution is 2.45. The van der Waals surface area contributed by atoms with Gasteiger partial charge in [-0.15, -0.1) is 0 Å². The normalized spacial score (nSPS) is 13.3. The lowest BCUT2D eigenvalue weighted by atomic mass is 10.1. The molecule has 4 nitrogen and oxygen atoms in total. The summed E-state index contributed by atoms with van der Waals surface area (Å²) in [5, 5.41) is 11.8. The molecule has 0 aliphatic carbocycles. The zero-order valence-corrected chi connectivity index (χ0v) is 35.2. The summed E-state index contributed by atoms with van der Waals surface area (Å²) < 4.78 is 24.8. The molecule has 6 heteroatoms. The first-order valence-electron chi connectivity index (χ1n) is 19.4. The molecule has 0 saturated heterocycles. The van der Waals surface area contributed by atoms with E-state index in [0.717, 1.165) is 43.9 Å². The van der Waals surface area contributed by atoms with Crippen LogP contribution in [-0.4, -0.2) is 16.1 Å². The molecule has 0 aliphatic heterocycles. The van der Waals surface area contributed by atoms with Gasteiger partial charge in [-0.2, -0.15) is 0 Å². The summed E-state index contributed by atoms with van der Waals surface area (Å²) in [5.41, 5.74) is 7.60. The molecule has 0 radical (unpaired) electrons. The van der Waals surface area contributed by atoms with Crippen LogP contribution in [0.25, 0.3) is 65.4 Å². The van der Waals surface area contributed by atoms with Gasteiger partial charge in [0.2, 0.25) is 0 Å².